The van der Waals surface area contributed by atoms with Gasteiger partial charge in [-0.25, -0.2) is 10.0 Å². The molecule has 2 aromatic heterocycles. The van der Waals surface area contributed by atoms with Crippen molar-refractivity contribution in [3.8, 4) is 39.2 Å². The van der Waals surface area contributed by atoms with Crippen molar-refractivity contribution in [1.29, 1.82) is 0 Å². The molecule has 2 aliphatic rings. The van der Waals surface area contributed by atoms with Crippen molar-refractivity contribution in [3.05, 3.63) is 235 Å². The number of nitrogens with zero attached hydrogens (tertiary/aromatic N) is 4. The van der Waals surface area contributed by atoms with Crippen LogP contribution >= 0.6 is 0 Å². The van der Waals surface area contributed by atoms with E-state index >= 15 is 0 Å². The summed E-state index contributed by atoms with van der Waals surface area (Å²) in [6.45, 7) is 6.53. The number of pyridine rings is 1. The van der Waals surface area contributed by atoms with Crippen LogP contribution in [-0.4, -0.2) is 15.1 Å². The summed E-state index contributed by atoms with van der Waals surface area (Å²) in [6, 6.07) is 74.7. The zero-order valence-corrected chi connectivity index (χ0v) is 35.4. The van der Waals surface area contributed by atoms with E-state index in [0.29, 0.717) is 0 Å². The second kappa shape index (κ2) is 14.2. The average Bonchev–Trinajstić information content (AvgIpc) is 3.99. The van der Waals surface area contributed by atoms with Crippen molar-refractivity contribution in [1.82, 2.24) is 9.55 Å². The molecule has 0 N–H and O–H groups in total. The van der Waals surface area contributed by atoms with Gasteiger partial charge < -0.3 is 0 Å². The van der Waals surface area contributed by atoms with Gasteiger partial charge in [0.1, 0.15) is 5.82 Å². The lowest BCUT2D eigenvalue weighted by Gasteiger charge is -2.35. The third-order valence-electron chi connectivity index (χ3n) is 13.0. The van der Waals surface area contributed by atoms with Crippen LogP contribution in [-0.2, 0) is 10.4 Å². The van der Waals surface area contributed by atoms with E-state index in [-0.39, 0.29) is 5.54 Å². The van der Waals surface area contributed by atoms with E-state index in [1.54, 1.807) is 0 Å². The first-order chi connectivity index (χ1) is 30.9. The van der Waals surface area contributed by atoms with Gasteiger partial charge in [-0.2, -0.15) is 5.06 Å². The molecule has 8 aromatic carbocycles. The summed E-state index contributed by atoms with van der Waals surface area (Å²) in [5.41, 5.74) is 16.3. The SMILES string of the molecule is CC(C)(C)N1ON(c2cccc(C3(c4ccc5c6ccccc6n(-c6cc(-c7ccccc7-c7ccccc7)ccn6)c5c4)c4ccccc4-c4ccccc43)c2)c2ccccc21. The Morgan fingerprint density at radius 3 is 1.81 bits per heavy atom. The Labute approximate surface area is 367 Å². The second-order valence-electron chi connectivity index (χ2n) is 17.6. The first kappa shape index (κ1) is 37.1. The molecule has 63 heavy (non-hydrogen) atoms. The molecular formula is C58H44N4O. The Morgan fingerprint density at radius 2 is 1.06 bits per heavy atom. The number of benzene rings is 8. The number of hydroxylamine groups is 1. The topological polar surface area (TPSA) is 33.5 Å². The third kappa shape index (κ3) is 5.63. The lowest BCUT2D eigenvalue weighted by molar-refractivity contribution is 0.0842. The van der Waals surface area contributed by atoms with Gasteiger partial charge in [-0.05, 0) is 125 Å². The number of rotatable bonds is 6. The Bertz CT molecular complexity index is 3350. The first-order valence-corrected chi connectivity index (χ1v) is 21.7. The molecule has 0 fully saturated rings. The lowest BCUT2D eigenvalue weighted by atomic mass is 9.67. The van der Waals surface area contributed by atoms with E-state index in [2.05, 4.69) is 232 Å². The molecule has 5 nitrogen and oxygen atoms in total. The van der Waals surface area contributed by atoms with E-state index < -0.39 is 5.41 Å². The molecule has 302 valence electrons. The summed E-state index contributed by atoms with van der Waals surface area (Å²) in [7, 11) is 0. The minimum atomic E-state index is -0.661. The standard InChI is InChI=1S/C58H44N4O/c1-57(2,3)62-54-31-16-15-30-53(54)61(63-62)43-21-17-20-41(37-43)58(50-27-12-9-24-46(50)47-25-10-13-28-51(47)58)42-32-33-49-48-26-11-14-29-52(48)60(55(49)38-42)56-36-40(34-35-59-56)45-23-8-7-22-44(45)39-18-5-4-6-19-39/h4-38H,1-3H3. The maximum Gasteiger partial charge on any atom is 0.138 e. The average molecular weight is 813 g/mol. The number of hydrogen-bond acceptors (Lipinski definition) is 4. The number of fused-ring (bicyclic) bond motifs is 7. The van der Waals surface area contributed by atoms with E-state index in [1.807, 2.05) is 16.3 Å². The van der Waals surface area contributed by atoms with E-state index in [1.165, 1.54) is 55.3 Å². The molecule has 0 spiro atoms. The van der Waals surface area contributed by atoms with Gasteiger partial charge in [-0.3, -0.25) is 4.57 Å². The van der Waals surface area contributed by atoms with Crippen LogP contribution in [0.4, 0.5) is 17.1 Å². The predicted octanol–water partition coefficient (Wildman–Crippen LogP) is 14.5. The fraction of sp³-hybridized carbons (Fsp3) is 0.0862. The molecule has 1 aliphatic carbocycles. The summed E-state index contributed by atoms with van der Waals surface area (Å²) in [5.74, 6) is 0.871. The smallest absolute Gasteiger partial charge is 0.138 e. The van der Waals surface area contributed by atoms with Crippen molar-refractivity contribution in [3.63, 3.8) is 0 Å². The Kier molecular flexibility index (Phi) is 8.33. The zero-order chi connectivity index (χ0) is 42.3. The van der Waals surface area contributed by atoms with Crippen molar-refractivity contribution >= 4 is 38.9 Å². The van der Waals surface area contributed by atoms with E-state index in [9.17, 15) is 0 Å². The van der Waals surface area contributed by atoms with Crippen molar-refractivity contribution in [2.24, 2.45) is 0 Å². The molecule has 3 heterocycles. The van der Waals surface area contributed by atoms with Crippen LogP contribution in [0.2, 0.25) is 0 Å². The van der Waals surface area contributed by atoms with Crippen LogP contribution in [0.5, 0.6) is 0 Å². The minimum Gasteiger partial charge on any atom is -0.294 e. The van der Waals surface area contributed by atoms with Gasteiger partial charge in [0.05, 0.1) is 39.0 Å². The number of para-hydroxylation sites is 3. The zero-order valence-electron chi connectivity index (χ0n) is 35.4. The second-order valence-corrected chi connectivity index (χ2v) is 17.6. The highest BCUT2D eigenvalue weighted by molar-refractivity contribution is 6.09. The number of hydrogen-bond donors (Lipinski definition) is 0. The molecule has 0 atom stereocenters. The Hall–Kier alpha value is -7.73. The lowest BCUT2D eigenvalue weighted by Crippen LogP contribution is -2.41. The minimum absolute atomic E-state index is 0.263. The third-order valence-corrected chi connectivity index (χ3v) is 13.0. The van der Waals surface area contributed by atoms with Crippen LogP contribution in [0.25, 0.3) is 61.0 Å². The van der Waals surface area contributed by atoms with Crippen LogP contribution in [0.15, 0.2) is 212 Å². The number of anilines is 3. The monoisotopic (exact) mass is 812 g/mol. The highest BCUT2D eigenvalue weighted by Gasteiger charge is 2.47. The molecule has 0 amide bonds. The van der Waals surface area contributed by atoms with Crippen molar-refractivity contribution in [2.45, 2.75) is 31.7 Å². The van der Waals surface area contributed by atoms with Gasteiger partial charge in [0.25, 0.3) is 0 Å². The Morgan fingerprint density at radius 1 is 0.460 bits per heavy atom. The molecule has 0 radical (unpaired) electrons. The normalized spacial score (nSPS) is 14.0. The fourth-order valence-corrected chi connectivity index (χ4v) is 10.3. The molecule has 12 rings (SSSR count). The van der Waals surface area contributed by atoms with E-state index in [4.69, 9.17) is 9.92 Å². The van der Waals surface area contributed by atoms with Gasteiger partial charge in [0.15, 0.2) is 0 Å². The summed E-state index contributed by atoms with van der Waals surface area (Å²) < 4.78 is 2.36. The van der Waals surface area contributed by atoms with Gasteiger partial charge in [0.2, 0.25) is 0 Å². The van der Waals surface area contributed by atoms with Crippen LogP contribution in [0.1, 0.15) is 43.0 Å². The molecule has 10 aromatic rings. The fourth-order valence-electron chi connectivity index (χ4n) is 10.3. The number of aromatic nitrogens is 2. The van der Waals surface area contributed by atoms with Crippen LogP contribution in [0, 0.1) is 0 Å². The maximum atomic E-state index is 6.76. The Balaban J connectivity index is 1.09. The van der Waals surface area contributed by atoms with Crippen molar-refractivity contribution in [2.75, 3.05) is 10.1 Å². The molecule has 0 saturated heterocycles. The molecule has 0 saturated carbocycles. The molecule has 1 aliphatic heterocycles. The quantitative estimate of drug-likeness (QED) is 0.167. The summed E-state index contributed by atoms with van der Waals surface area (Å²) >= 11 is 0. The van der Waals surface area contributed by atoms with Crippen molar-refractivity contribution < 1.29 is 4.94 Å². The maximum absolute atomic E-state index is 6.76. The largest absolute Gasteiger partial charge is 0.294 e. The van der Waals surface area contributed by atoms with Crippen LogP contribution < -0.4 is 10.1 Å². The summed E-state index contributed by atoms with van der Waals surface area (Å²) in [6.07, 6.45) is 1.95. The molecule has 0 bridgehead atoms. The van der Waals surface area contributed by atoms with Crippen LogP contribution in [0.3, 0.4) is 0 Å². The highest BCUT2D eigenvalue weighted by Crippen LogP contribution is 2.57. The highest BCUT2D eigenvalue weighted by atomic mass is 16.8. The predicted molar refractivity (Wildman–Crippen MR) is 259 cm³/mol. The van der Waals surface area contributed by atoms with E-state index in [0.717, 1.165) is 45.0 Å². The molecule has 0 unspecified atom stereocenters. The van der Waals surface area contributed by atoms with Gasteiger partial charge in [-0.1, -0.05) is 158 Å². The van der Waals surface area contributed by atoms with Gasteiger partial charge in [0, 0.05) is 17.0 Å². The van der Waals surface area contributed by atoms with Gasteiger partial charge in [-0.15, -0.1) is 4.94 Å². The summed E-state index contributed by atoms with van der Waals surface area (Å²) in [4.78, 5) is 11.9. The van der Waals surface area contributed by atoms with Gasteiger partial charge >= 0.3 is 0 Å². The molecular weight excluding hydrogens is 769 g/mol. The summed E-state index contributed by atoms with van der Waals surface area (Å²) in [5, 5.41) is 6.37. The first-order valence-electron chi connectivity index (χ1n) is 21.7. The molecule has 5 heteroatoms.